The summed E-state index contributed by atoms with van der Waals surface area (Å²) in [5, 5.41) is 0. The van der Waals surface area contributed by atoms with Crippen molar-refractivity contribution in [2.24, 2.45) is 5.92 Å². The van der Waals surface area contributed by atoms with Crippen molar-refractivity contribution < 1.29 is 0 Å². The number of fused-ring (bicyclic) bond motifs is 3. The van der Waals surface area contributed by atoms with Gasteiger partial charge in [-0.1, -0.05) is 13.8 Å². The highest BCUT2D eigenvalue weighted by molar-refractivity contribution is 5.41. The summed E-state index contributed by atoms with van der Waals surface area (Å²) >= 11 is 0. The lowest BCUT2D eigenvalue weighted by Gasteiger charge is -2.18. The van der Waals surface area contributed by atoms with Gasteiger partial charge < -0.3 is 4.57 Å². The molecule has 0 fully saturated rings. The lowest BCUT2D eigenvalue weighted by Crippen LogP contribution is -2.12. The maximum Gasteiger partial charge on any atom is 0.0227 e. The molecular formula is C17H27N. The predicted octanol–water partition coefficient (Wildman–Crippen LogP) is 4.29. The molecule has 18 heavy (non-hydrogen) atoms. The molecule has 0 bridgehead atoms. The van der Waals surface area contributed by atoms with Crippen LogP contribution < -0.4 is 0 Å². The number of rotatable bonds is 3. The fourth-order valence-electron chi connectivity index (χ4n) is 3.84. The Balaban J connectivity index is 1.97. The van der Waals surface area contributed by atoms with Gasteiger partial charge in [-0.2, -0.15) is 0 Å². The van der Waals surface area contributed by atoms with Crippen molar-refractivity contribution in [2.75, 3.05) is 0 Å². The molecule has 2 aliphatic carbocycles. The Kier molecular flexibility index (Phi) is 3.50. The molecule has 0 amide bonds. The number of hydrogen-bond acceptors (Lipinski definition) is 0. The third kappa shape index (κ3) is 2.13. The molecule has 0 aromatic carbocycles. The van der Waals surface area contributed by atoms with Gasteiger partial charge >= 0.3 is 0 Å². The minimum Gasteiger partial charge on any atom is -0.348 e. The summed E-state index contributed by atoms with van der Waals surface area (Å²) in [6.45, 7) is 5.97. The average Bonchev–Trinajstić information content (AvgIpc) is 2.71. The van der Waals surface area contributed by atoms with E-state index in [-0.39, 0.29) is 0 Å². The average molecular weight is 245 g/mol. The molecule has 0 saturated heterocycles. The van der Waals surface area contributed by atoms with Crippen molar-refractivity contribution in [2.45, 2.75) is 78.2 Å². The molecule has 0 unspecified atom stereocenters. The zero-order chi connectivity index (χ0) is 12.5. The standard InChI is InChI=1S/C17H27N/c1-13(2)11-12-18-16-9-5-3-7-14(16)15-8-4-6-10-17(15)18/h13H,3-12H2,1-2H3. The van der Waals surface area contributed by atoms with Crippen LogP contribution >= 0.6 is 0 Å². The van der Waals surface area contributed by atoms with Crippen LogP contribution in [-0.2, 0) is 32.2 Å². The lowest BCUT2D eigenvalue weighted by atomic mass is 9.89. The Morgan fingerprint density at radius 1 is 0.833 bits per heavy atom. The van der Waals surface area contributed by atoms with E-state index >= 15 is 0 Å². The van der Waals surface area contributed by atoms with E-state index in [1.807, 2.05) is 0 Å². The van der Waals surface area contributed by atoms with Gasteiger partial charge in [-0.25, -0.2) is 0 Å². The van der Waals surface area contributed by atoms with Gasteiger partial charge in [-0.05, 0) is 74.8 Å². The monoisotopic (exact) mass is 245 g/mol. The van der Waals surface area contributed by atoms with Crippen LogP contribution in [0.3, 0.4) is 0 Å². The second kappa shape index (κ2) is 5.11. The molecule has 0 N–H and O–H groups in total. The Hall–Kier alpha value is -0.720. The molecule has 2 aliphatic rings. The molecule has 1 aromatic rings. The second-order valence-electron chi connectivity index (χ2n) is 6.60. The third-order valence-corrected chi connectivity index (χ3v) is 4.82. The molecule has 1 heteroatoms. The van der Waals surface area contributed by atoms with Gasteiger partial charge in [0, 0.05) is 17.9 Å². The molecule has 0 spiro atoms. The molecule has 0 aliphatic heterocycles. The maximum absolute atomic E-state index is 2.74. The van der Waals surface area contributed by atoms with Crippen LogP contribution in [-0.4, -0.2) is 4.57 Å². The van der Waals surface area contributed by atoms with Crippen molar-refractivity contribution in [1.82, 2.24) is 4.57 Å². The van der Waals surface area contributed by atoms with Crippen LogP contribution in [0.4, 0.5) is 0 Å². The molecule has 1 heterocycles. The van der Waals surface area contributed by atoms with E-state index in [1.165, 1.54) is 64.3 Å². The van der Waals surface area contributed by atoms with E-state index in [4.69, 9.17) is 0 Å². The second-order valence-corrected chi connectivity index (χ2v) is 6.60. The number of hydrogen-bond donors (Lipinski definition) is 0. The summed E-state index contributed by atoms with van der Waals surface area (Å²) in [5.41, 5.74) is 7.02. The highest BCUT2D eigenvalue weighted by atomic mass is 15.0. The summed E-state index contributed by atoms with van der Waals surface area (Å²) < 4.78 is 2.74. The molecule has 0 atom stereocenters. The first kappa shape index (κ1) is 12.3. The van der Waals surface area contributed by atoms with E-state index in [0.717, 1.165) is 5.92 Å². The third-order valence-electron chi connectivity index (χ3n) is 4.82. The van der Waals surface area contributed by atoms with Crippen LogP contribution in [0.1, 0.15) is 68.5 Å². The van der Waals surface area contributed by atoms with Crippen LogP contribution in [0.2, 0.25) is 0 Å². The summed E-state index contributed by atoms with van der Waals surface area (Å²) in [6, 6.07) is 0. The molecule has 1 aromatic heterocycles. The largest absolute Gasteiger partial charge is 0.348 e. The van der Waals surface area contributed by atoms with Crippen LogP contribution in [0.15, 0.2) is 0 Å². The lowest BCUT2D eigenvalue weighted by molar-refractivity contribution is 0.485. The maximum atomic E-state index is 2.74. The molecule has 0 radical (unpaired) electrons. The van der Waals surface area contributed by atoms with E-state index in [9.17, 15) is 0 Å². The summed E-state index contributed by atoms with van der Waals surface area (Å²) in [6.07, 6.45) is 12.4. The van der Waals surface area contributed by atoms with Gasteiger partial charge in [0.1, 0.15) is 0 Å². The van der Waals surface area contributed by atoms with E-state index in [2.05, 4.69) is 18.4 Å². The van der Waals surface area contributed by atoms with Crippen molar-refractivity contribution in [1.29, 1.82) is 0 Å². The molecule has 3 rings (SSSR count). The highest BCUT2D eigenvalue weighted by Crippen LogP contribution is 2.34. The fraction of sp³-hybridized carbons (Fsp3) is 0.765. The summed E-state index contributed by atoms with van der Waals surface area (Å²) in [4.78, 5) is 0. The van der Waals surface area contributed by atoms with Crippen LogP contribution in [0, 0.1) is 5.92 Å². The van der Waals surface area contributed by atoms with Crippen molar-refractivity contribution in [3.05, 3.63) is 22.5 Å². The number of aromatic nitrogens is 1. The van der Waals surface area contributed by atoms with Gasteiger partial charge in [0.2, 0.25) is 0 Å². The van der Waals surface area contributed by atoms with Gasteiger partial charge in [-0.15, -0.1) is 0 Å². The van der Waals surface area contributed by atoms with E-state index in [1.54, 1.807) is 22.5 Å². The van der Waals surface area contributed by atoms with Gasteiger partial charge in [0.05, 0.1) is 0 Å². The molecule has 100 valence electrons. The van der Waals surface area contributed by atoms with Crippen molar-refractivity contribution in [3.63, 3.8) is 0 Å². The first-order chi connectivity index (χ1) is 8.77. The normalized spacial score (nSPS) is 18.8. The Labute approximate surface area is 112 Å². The van der Waals surface area contributed by atoms with Crippen molar-refractivity contribution in [3.8, 4) is 0 Å². The van der Waals surface area contributed by atoms with Gasteiger partial charge in [-0.3, -0.25) is 0 Å². The Morgan fingerprint density at radius 3 is 1.83 bits per heavy atom. The predicted molar refractivity (Wildman–Crippen MR) is 77.2 cm³/mol. The Morgan fingerprint density at radius 2 is 1.33 bits per heavy atom. The van der Waals surface area contributed by atoms with Crippen LogP contribution in [0.5, 0.6) is 0 Å². The highest BCUT2D eigenvalue weighted by Gasteiger charge is 2.25. The SMILES string of the molecule is CC(C)CCn1c2c(c3c1CCCC3)CCCC2. The minimum absolute atomic E-state index is 0.825. The smallest absolute Gasteiger partial charge is 0.0227 e. The molecular weight excluding hydrogens is 218 g/mol. The molecule has 1 nitrogen and oxygen atoms in total. The first-order valence-corrected chi connectivity index (χ1v) is 7.99. The summed E-state index contributed by atoms with van der Waals surface area (Å²) in [5.74, 6) is 0.825. The van der Waals surface area contributed by atoms with Gasteiger partial charge in [0.15, 0.2) is 0 Å². The first-order valence-electron chi connectivity index (χ1n) is 7.99. The summed E-state index contributed by atoms with van der Waals surface area (Å²) in [7, 11) is 0. The van der Waals surface area contributed by atoms with Crippen LogP contribution in [0.25, 0.3) is 0 Å². The zero-order valence-electron chi connectivity index (χ0n) is 12.1. The van der Waals surface area contributed by atoms with Crippen molar-refractivity contribution >= 4 is 0 Å². The zero-order valence-corrected chi connectivity index (χ0v) is 12.1. The Bertz CT molecular complexity index is 392. The minimum atomic E-state index is 0.825. The van der Waals surface area contributed by atoms with E-state index < -0.39 is 0 Å². The topological polar surface area (TPSA) is 4.93 Å². The molecule has 0 saturated carbocycles. The fourth-order valence-corrected chi connectivity index (χ4v) is 3.84. The number of nitrogens with zero attached hydrogens (tertiary/aromatic N) is 1. The van der Waals surface area contributed by atoms with E-state index in [0.29, 0.717) is 0 Å². The van der Waals surface area contributed by atoms with Gasteiger partial charge in [0.25, 0.3) is 0 Å². The quantitative estimate of drug-likeness (QED) is 0.748.